The molecule has 0 bridgehead atoms. The van der Waals surface area contributed by atoms with Gasteiger partial charge < -0.3 is 4.57 Å². The number of nitro benzene ring substituents is 1. The second-order valence-electron chi connectivity index (χ2n) is 3.91. The quantitative estimate of drug-likeness (QED) is 0.610. The van der Waals surface area contributed by atoms with Gasteiger partial charge in [-0.1, -0.05) is 18.2 Å². The summed E-state index contributed by atoms with van der Waals surface area (Å²) >= 11 is 0. The summed E-state index contributed by atoms with van der Waals surface area (Å²) in [5, 5.41) is 10.8. The SMILES string of the molecule is O=c1ccn(CCc2ccccc2[N+](=O)[O-])cc1. The van der Waals surface area contributed by atoms with E-state index < -0.39 is 0 Å². The number of pyridine rings is 1. The van der Waals surface area contributed by atoms with Gasteiger partial charge in [-0.2, -0.15) is 0 Å². The Labute approximate surface area is 103 Å². The molecular weight excluding hydrogens is 232 g/mol. The summed E-state index contributed by atoms with van der Waals surface area (Å²) in [5.74, 6) is 0. The van der Waals surface area contributed by atoms with Crippen LogP contribution in [-0.4, -0.2) is 9.49 Å². The molecule has 0 radical (unpaired) electrons. The maximum atomic E-state index is 10.9. The first-order valence-electron chi connectivity index (χ1n) is 5.55. The van der Waals surface area contributed by atoms with Gasteiger partial charge in [-0.15, -0.1) is 0 Å². The fraction of sp³-hybridized carbons (Fsp3) is 0.154. The number of benzene rings is 1. The molecule has 1 heterocycles. The highest BCUT2D eigenvalue weighted by atomic mass is 16.6. The third-order valence-electron chi connectivity index (χ3n) is 2.69. The molecule has 0 aliphatic carbocycles. The Bertz CT molecular complexity index is 599. The summed E-state index contributed by atoms with van der Waals surface area (Å²) in [5.41, 5.74) is 0.789. The average molecular weight is 244 g/mol. The minimum atomic E-state index is -0.374. The van der Waals surface area contributed by atoms with E-state index in [2.05, 4.69) is 0 Å². The molecule has 0 spiro atoms. The van der Waals surface area contributed by atoms with Gasteiger partial charge in [0.1, 0.15) is 0 Å². The molecule has 2 rings (SSSR count). The van der Waals surface area contributed by atoms with Crippen LogP contribution in [-0.2, 0) is 13.0 Å². The Morgan fingerprint density at radius 2 is 1.78 bits per heavy atom. The van der Waals surface area contributed by atoms with Gasteiger partial charge in [-0.05, 0) is 6.42 Å². The highest BCUT2D eigenvalue weighted by molar-refractivity contribution is 5.39. The smallest absolute Gasteiger partial charge is 0.272 e. The second-order valence-corrected chi connectivity index (χ2v) is 3.91. The molecule has 92 valence electrons. The summed E-state index contributed by atoms with van der Waals surface area (Å²) in [4.78, 5) is 21.4. The zero-order chi connectivity index (χ0) is 13.0. The van der Waals surface area contributed by atoms with Crippen LogP contribution in [0, 0.1) is 10.1 Å². The maximum absolute atomic E-state index is 10.9. The molecule has 1 aromatic heterocycles. The minimum Gasteiger partial charge on any atom is -0.354 e. The van der Waals surface area contributed by atoms with Gasteiger partial charge in [-0.3, -0.25) is 14.9 Å². The molecule has 0 amide bonds. The Morgan fingerprint density at radius 1 is 1.11 bits per heavy atom. The van der Waals surface area contributed by atoms with Crippen LogP contribution >= 0.6 is 0 Å². The summed E-state index contributed by atoms with van der Waals surface area (Å²) in [7, 11) is 0. The van der Waals surface area contributed by atoms with Crippen LogP contribution in [0.25, 0.3) is 0 Å². The van der Waals surface area contributed by atoms with Crippen molar-refractivity contribution in [1.29, 1.82) is 0 Å². The number of nitrogens with zero attached hydrogens (tertiary/aromatic N) is 2. The summed E-state index contributed by atoms with van der Waals surface area (Å²) in [6.07, 6.45) is 3.91. The lowest BCUT2D eigenvalue weighted by Gasteiger charge is -2.06. The topological polar surface area (TPSA) is 65.1 Å². The van der Waals surface area contributed by atoms with Crippen LogP contribution in [0.2, 0.25) is 0 Å². The van der Waals surface area contributed by atoms with Crippen LogP contribution < -0.4 is 5.43 Å². The molecule has 5 heteroatoms. The van der Waals surface area contributed by atoms with Crippen molar-refractivity contribution in [2.24, 2.45) is 0 Å². The van der Waals surface area contributed by atoms with Crippen LogP contribution in [0.5, 0.6) is 0 Å². The molecule has 5 nitrogen and oxygen atoms in total. The van der Waals surface area contributed by atoms with Crippen LogP contribution in [0.4, 0.5) is 5.69 Å². The molecule has 2 aromatic rings. The van der Waals surface area contributed by atoms with E-state index in [0.717, 1.165) is 0 Å². The molecule has 0 saturated heterocycles. The standard InChI is InChI=1S/C13H12N2O3/c16-12-6-9-14(10-7-12)8-5-11-3-1-2-4-13(11)15(17)18/h1-4,6-7,9-10H,5,8H2. The molecule has 1 aromatic carbocycles. The fourth-order valence-corrected chi connectivity index (χ4v) is 1.74. The van der Waals surface area contributed by atoms with E-state index in [1.54, 1.807) is 30.6 Å². The minimum absolute atomic E-state index is 0.0445. The molecule has 0 aliphatic rings. The first-order valence-corrected chi connectivity index (χ1v) is 5.55. The molecule has 0 atom stereocenters. The van der Waals surface area contributed by atoms with E-state index in [9.17, 15) is 14.9 Å². The van der Waals surface area contributed by atoms with Gasteiger partial charge in [0.25, 0.3) is 5.69 Å². The van der Waals surface area contributed by atoms with Crippen molar-refractivity contribution >= 4 is 5.69 Å². The van der Waals surface area contributed by atoms with Gasteiger partial charge in [0.2, 0.25) is 0 Å². The van der Waals surface area contributed by atoms with Crippen molar-refractivity contribution in [2.75, 3.05) is 0 Å². The molecule has 18 heavy (non-hydrogen) atoms. The predicted octanol–water partition coefficient (Wildman–Crippen LogP) is 2.00. The monoisotopic (exact) mass is 244 g/mol. The van der Waals surface area contributed by atoms with E-state index >= 15 is 0 Å². The lowest BCUT2D eigenvalue weighted by atomic mass is 10.1. The van der Waals surface area contributed by atoms with E-state index in [0.29, 0.717) is 18.5 Å². The van der Waals surface area contributed by atoms with Gasteiger partial charge in [0.15, 0.2) is 5.43 Å². The van der Waals surface area contributed by atoms with E-state index in [1.807, 2.05) is 4.57 Å². The normalized spacial score (nSPS) is 10.2. The maximum Gasteiger partial charge on any atom is 0.272 e. The van der Waals surface area contributed by atoms with Crippen molar-refractivity contribution in [3.8, 4) is 0 Å². The third kappa shape index (κ3) is 2.82. The zero-order valence-corrected chi connectivity index (χ0v) is 9.65. The van der Waals surface area contributed by atoms with Crippen molar-refractivity contribution < 1.29 is 4.92 Å². The van der Waals surface area contributed by atoms with E-state index in [-0.39, 0.29) is 16.0 Å². The van der Waals surface area contributed by atoms with Crippen molar-refractivity contribution in [2.45, 2.75) is 13.0 Å². The lowest BCUT2D eigenvalue weighted by molar-refractivity contribution is -0.385. The second kappa shape index (κ2) is 5.27. The molecule has 0 fully saturated rings. The predicted molar refractivity (Wildman–Crippen MR) is 67.5 cm³/mol. The van der Waals surface area contributed by atoms with Gasteiger partial charge in [-0.25, -0.2) is 0 Å². The lowest BCUT2D eigenvalue weighted by Crippen LogP contribution is -2.06. The molecule has 0 aliphatic heterocycles. The number of rotatable bonds is 4. The summed E-state index contributed by atoms with van der Waals surface area (Å²) in [6, 6.07) is 9.63. The van der Waals surface area contributed by atoms with Crippen molar-refractivity contribution in [1.82, 2.24) is 4.57 Å². The molecule has 0 N–H and O–H groups in total. The van der Waals surface area contributed by atoms with Gasteiger partial charge in [0, 0.05) is 42.7 Å². The first-order chi connectivity index (χ1) is 8.66. The van der Waals surface area contributed by atoms with E-state index in [4.69, 9.17) is 0 Å². The van der Waals surface area contributed by atoms with Crippen molar-refractivity contribution in [3.05, 3.63) is 74.7 Å². The van der Waals surface area contributed by atoms with E-state index in [1.165, 1.54) is 18.2 Å². The Kier molecular flexibility index (Phi) is 3.52. The van der Waals surface area contributed by atoms with Gasteiger partial charge in [0.05, 0.1) is 4.92 Å². The average Bonchev–Trinajstić information content (AvgIpc) is 2.38. The highest BCUT2D eigenvalue weighted by Crippen LogP contribution is 2.18. The van der Waals surface area contributed by atoms with Crippen LogP contribution in [0.15, 0.2) is 53.6 Å². The molecular formula is C13H12N2O3. The van der Waals surface area contributed by atoms with Crippen LogP contribution in [0.3, 0.4) is 0 Å². The highest BCUT2D eigenvalue weighted by Gasteiger charge is 2.11. The first kappa shape index (κ1) is 12.0. The Balaban J connectivity index is 2.13. The summed E-state index contributed by atoms with van der Waals surface area (Å²) < 4.78 is 1.83. The Hall–Kier alpha value is -2.43. The van der Waals surface area contributed by atoms with Gasteiger partial charge >= 0.3 is 0 Å². The summed E-state index contributed by atoms with van der Waals surface area (Å²) in [6.45, 7) is 0.602. The van der Waals surface area contributed by atoms with Crippen molar-refractivity contribution in [3.63, 3.8) is 0 Å². The Morgan fingerprint density at radius 3 is 2.44 bits per heavy atom. The largest absolute Gasteiger partial charge is 0.354 e. The van der Waals surface area contributed by atoms with Crippen LogP contribution in [0.1, 0.15) is 5.56 Å². The fourth-order valence-electron chi connectivity index (χ4n) is 1.74. The number of hydrogen-bond donors (Lipinski definition) is 0. The molecule has 0 unspecified atom stereocenters. The number of aryl methyl sites for hydroxylation is 2. The number of hydrogen-bond acceptors (Lipinski definition) is 3. The number of nitro groups is 1. The zero-order valence-electron chi connectivity index (χ0n) is 9.65. The third-order valence-corrected chi connectivity index (χ3v) is 2.69. The molecule has 0 saturated carbocycles. The number of aromatic nitrogens is 1. The number of para-hydroxylation sites is 1.